The van der Waals surface area contributed by atoms with Gasteiger partial charge in [-0.05, 0) is 95.0 Å². The summed E-state index contributed by atoms with van der Waals surface area (Å²) in [5.74, 6) is 0.555. The number of carbonyl (C=O) groups excluding carboxylic acids is 2. The first-order valence-corrected chi connectivity index (χ1v) is 18.9. The molecule has 1 aromatic carbocycles. The van der Waals surface area contributed by atoms with E-state index in [0.717, 1.165) is 95.1 Å². The monoisotopic (exact) mass is 685 g/mol. The van der Waals surface area contributed by atoms with Gasteiger partial charge in [-0.15, -0.1) is 0 Å². The number of benzene rings is 1. The molecule has 45 heavy (non-hydrogen) atoms. The predicted molar refractivity (Wildman–Crippen MR) is 188 cm³/mol. The number of halogens is 1. The summed E-state index contributed by atoms with van der Waals surface area (Å²) in [6.45, 7) is 4.83. The van der Waals surface area contributed by atoms with Crippen molar-refractivity contribution in [1.29, 1.82) is 0 Å². The Bertz CT molecular complexity index is 1020. The number of ether oxygens (including phenoxy) is 1. The zero-order valence-electron chi connectivity index (χ0n) is 27.8. The summed E-state index contributed by atoms with van der Waals surface area (Å²) in [6, 6.07) is 10.6. The Morgan fingerprint density at radius 1 is 1.00 bits per heavy atom. The third-order valence-electron chi connectivity index (χ3n) is 8.93. The highest BCUT2D eigenvalue weighted by Crippen LogP contribution is 2.44. The van der Waals surface area contributed by atoms with Gasteiger partial charge in [-0.2, -0.15) is 0 Å². The molecule has 1 aliphatic carbocycles. The molecule has 1 aromatic rings. The summed E-state index contributed by atoms with van der Waals surface area (Å²) in [6.07, 6.45) is 23.6. The average molecular weight is 687 g/mol. The summed E-state index contributed by atoms with van der Waals surface area (Å²) in [7, 11) is -0.137. The number of unbranched alkanes of at least 4 members (excludes halogenated alkanes) is 5. The van der Waals surface area contributed by atoms with E-state index in [1.807, 2.05) is 6.92 Å². The molecule has 0 spiro atoms. The third kappa shape index (κ3) is 14.6. The van der Waals surface area contributed by atoms with Gasteiger partial charge in [0.05, 0.1) is 6.10 Å². The van der Waals surface area contributed by atoms with Gasteiger partial charge >= 0.3 is 13.1 Å². The standard InChI is InChI=1S/C37H57BBrNO5/c1-3-5-27-38-44-34-29-35(45-38)33(32(34)22-12-6-7-13-23-36(41)40-4-2)26-25-31(43-37(42)24-14-9-17-28-39)21-16-15-20-30-18-10-8-11-19-30/h6,8,10-12,18-19,25-26,31-35H,3-5,7,9,13-17,20-24,27-29H2,1-2H3,(H,40,41)/t31-,32+,33+,34?,35?/m0/s1. The third-order valence-corrected chi connectivity index (χ3v) is 9.49. The molecule has 0 aromatic heterocycles. The van der Waals surface area contributed by atoms with E-state index in [0.29, 0.717) is 25.3 Å². The van der Waals surface area contributed by atoms with Crippen LogP contribution in [0.5, 0.6) is 0 Å². The molecule has 2 bridgehead atoms. The number of fused-ring (bicyclic) bond motifs is 2. The fourth-order valence-electron chi connectivity index (χ4n) is 6.46. The highest BCUT2D eigenvalue weighted by Gasteiger charge is 2.49. The lowest BCUT2D eigenvalue weighted by atomic mass is 9.80. The van der Waals surface area contributed by atoms with Crippen molar-refractivity contribution in [3.05, 3.63) is 60.2 Å². The molecule has 1 N–H and O–H groups in total. The van der Waals surface area contributed by atoms with Crippen LogP contribution in [0.2, 0.25) is 6.32 Å². The fourth-order valence-corrected chi connectivity index (χ4v) is 6.86. The molecule has 0 radical (unpaired) electrons. The van der Waals surface area contributed by atoms with E-state index in [4.69, 9.17) is 14.0 Å². The Morgan fingerprint density at radius 2 is 1.82 bits per heavy atom. The average Bonchev–Trinajstić information content (AvgIpc) is 3.28. The zero-order chi connectivity index (χ0) is 32.1. The van der Waals surface area contributed by atoms with Crippen molar-refractivity contribution in [2.75, 3.05) is 11.9 Å². The van der Waals surface area contributed by atoms with Crippen LogP contribution < -0.4 is 5.32 Å². The number of esters is 1. The van der Waals surface area contributed by atoms with E-state index in [1.54, 1.807) is 0 Å². The minimum absolute atomic E-state index is 0.0984. The Hall–Kier alpha value is -1.90. The van der Waals surface area contributed by atoms with Crippen molar-refractivity contribution in [3.63, 3.8) is 0 Å². The maximum atomic E-state index is 12.8. The smallest absolute Gasteiger partial charge is 0.457 e. The number of hydrogen-bond acceptors (Lipinski definition) is 5. The number of nitrogens with one attached hydrogen (secondary N) is 1. The van der Waals surface area contributed by atoms with Crippen molar-refractivity contribution in [2.45, 2.75) is 135 Å². The maximum Gasteiger partial charge on any atom is 0.457 e. The second-order valence-corrected chi connectivity index (χ2v) is 13.4. The number of alkyl halides is 1. The van der Waals surface area contributed by atoms with Gasteiger partial charge < -0.3 is 19.4 Å². The normalized spacial score (nSPS) is 21.9. The molecule has 1 heterocycles. The Morgan fingerprint density at radius 3 is 2.60 bits per heavy atom. The van der Waals surface area contributed by atoms with Crippen molar-refractivity contribution < 1.29 is 23.6 Å². The zero-order valence-corrected chi connectivity index (χ0v) is 29.4. The van der Waals surface area contributed by atoms with Crippen LogP contribution in [-0.4, -0.2) is 49.2 Å². The summed E-state index contributed by atoms with van der Waals surface area (Å²) in [5, 5.41) is 3.84. The van der Waals surface area contributed by atoms with Crippen molar-refractivity contribution in [3.8, 4) is 0 Å². The lowest BCUT2D eigenvalue weighted by Crippen LogP contribution is -2.37. The van der Waals surface area contributed by atoms with Gasteiger partial charge in [-0.25, -0.2) is 0 Å². The van der Waals surface area contributed by atoms with Gasteiger partial charge in [0.2, 0.25) is 5.91 Å². The first-order valence-electron chi connectivity index (χ1n) is 17.7. The minimum atomic E-state index is -0.229. The van der Waals surface area contributed by atoms with Gasteiger partial charge in [-0.3, -0.25) is 9.59 Å². The summed E-state index contributed by atoms with van der Waals surface area (Å²) >= 11 is 3.48. The highest BCUT2D eigenvalue weighted by atomic mass is 79.9. The molecule has 2 unspecified atom stereocenters. The van der Waals surface area contributed by atoms with Gasteiger partial charge in [0.1, 0.15) is 6.10 Å². The summed E-state index contributed by atoms with van der Waals surface area (Å²) in [5.41, 5.74) is 1.35. The molecule has 2 fully saturated rings. The fraction of sp³-hybridized carbons (Fsp3) is 0.676. The second-order valence-electron chi connectivity index (χ2n) is 12.6. The number of hydrogen-bond donors (Lipinski definition) is 1. The van der Waals surface area contributed by atoms with E-state index in [2.05, 4.69) is 82.8 Å². The number of amides is 1. The van der Waals surface area contributed by atoms with Crippen LogP contribution in [0.1, 0.15) is 109 Å². The van der Waals surface area contributed by atoms with Crippen LogP contribution in [-0.2, 0) is 30.1 Å². The van der Waals surface area contributed by atoms with E-state index in [1.165, 1.54) is 5.56 Å². The quantitative estimate of drug-likeness (QED) is 0.0410. The topological polar surface area (TPSA) is 73.9 Å². The van der Waals surface area contributed by atoms with Crippen LogP contribution >= 0.6 is 15.9 Å². The molecule has 1 saturated carbocycles. The maximum absolute atomic E-state index is 12.8. The molecule has 3 rings (SSSR count). The van der Waals surface area contributed by atoms with Crippen LogP contribution in [0, 0.1) is 11.8 Å². The highest BCUT2D eigenvalue weighted by molar-refractivity contribution is 9.09. The molecule has 6 nitrogen and oxygen atoms in total. The molecule has 1 aliphatic heterocycles. The minimum Gasteiger partial charge on any atom is -0.458 e. The molecule has 1 amide bonds. The first-order chi connectivity index (χ1) is 22.0. The molecule has 8 heteroatoms. The molecule has 250 valence electrons. The van der Waals surface area contributed by atoms with Crippen LogP contribution in [0.4, 0.5) is 0 Å². The van der Waals surface area contributed by atoms with E-state index >= 15 is 0 Å². The Kier molecular flexibility index (Phi) is 18.9. The Balaban J connectivity index is 1.64. The largest absolute Gasteiger partial charge is 0.458 e. The van der Waals surface area contributed by atoms with Gasteiger partial charge in [0.15, 0.2) is 0 Å². The number of allylic oxidation sites excluding steroid dienone is 2. The van der Waals surface area contributed by atoms with Crippen LogP contribution in [0.15, 0.2) is 54.6 Å². The predicted octanol–water partition coefficient (Wildman–Crippen LogP) is 8.78. The second kappa shape index (κ2) is 22.6. The van der Waals surface area contributed by atoms with Crippen molar-refractivity contribution in [2.24, 2.45) is 11.8 Å². The first kappa shape index (κ1) is 37.6. The van der Waals surface area contributed by atoms with Crippen LogP contribution in [0.3, 0.4) is 0 Å². The van der Waals surface area contributed by atoms with E-state index in [-0.39, 0.29) is 43.2 Å². The van der Waals surface area contributed by atoms with E-state index < -0.39 is 0 Å². The molecular formula is C37H57BBrNO5. The van der Waals surface area contributed by atoms with Crippen molar-refractivity contribution in [1.82, 2.24) is 5.32 Å². The molecular weight excluding hydrogens is 629 g/mol. The summed E-state index contributed by atoms with van der Waals surface area (Å²) < 4.78 is 19.1. The SMILES string of the molecule is CCCCB1OC2CC(O1)[C@H](CC=CCCCC(=O)NCC)[C@H]2C=C[C@H](CCCCc1ccccc1)OC(=O)CCCCCBr. The van der Waals surface area contributed by atoms with Gasteiger partial charge in [0, 0.05) is 36.7 Å². The van der Waals surface area contributed by atoms with Gasteiger partial charge in [-0.1, -0.05) is 90.7 Å². The summed E-state index contributed by atoms with van der Waals surface area (Å²) in [4.78, 5) is 24.6. The number of carbonyl (C=O) groups is 2. The molecule has 2 aliphatic rings. The van der Waals surface area contributed by atoms with E-state index in [9.17, 15) is 9.59 Å². The lowest BCUT2D eigenvalue weighted by Gasteiger charge is -2.27. The molecule has 5 atom stereocenters. The van der Waals surface area contributed by atoms with Crippen molar-refractivity contribution >= 4 is 34.9 Å². The van der Waals surface area contributed by atoms with Gasteiger partial charge in [0.25, 0.3) is 0 Å². The lowest BCUT2D eigenvalue weighted by molar-refractivity contribution is -0.147. The number of rotatable bonds is 23. The number of aryl methyl sites for hydroxylation is 1. The van der Waals surface area contributed by atoms with Crippen LogP contribution in [0.25, 0.3) is 0 Å². The molecule has 1 saturated heterocycles. The Labute approximate surface area is 281 Å².